The molecular weight excluding hydrogens is 639 g/mol. The highest BCUT2D eigenvalue weighted by Crippen LogP contribution is 2.66. The fraction of sp³-hybridized carbons (Fsp3) is 0.273. The van der Waals surface area contributed by atoms with Gasteiger partial charge in [0.25, 0.3) is 0 Å². The van der Waals surface area contributed by atoms with E-state index in [9.17, 15) is 33.4 Å². The lowest BCUT2D eigenvalue weighted by Gasteiger charge is -2.19. The van der Waals surface area contributed by atoms with E-state index in [1.165, 1.54) is 11.8 Å². The molecular formula is C22H26N3O13P3S. The van der Waals surface area contributed by atoms with Gasteiger partial charge in [-0.3, -0.25) is 9.09 Å². The van der Waals surface area contributed by atoms with Gasteiger partial charge in [0.05, 0.1) is 12.7 Å². The molecule has 20 heteroatoms. The molecule has 2 unspecified atom stereocenters. The van der Waals surface area contributed by atoms with Crippen molar-refractivity contribution in [2.75, 3.05) is 12.3 Å². The van der Waals surface area contributed by atoms with Gasteiger partial charge in [-0.1, -0.05) is 42.5 Å². The normalized spacial score (nSPS) is 22.0. The van der Waals surface area contributed by atoms with Gasteiger partial charge in [0, 0.05) is 28.8 Å². The molecule has 1 aromatic heterocycles. The van der Waals surface area contributed by atoms with Crippen molar-refractivity contribution in [3.8, 4) is 11.1 Å². The van der Waals surface area contributed by atoms with Crippen LogP contribution in [0.2, 0.25) is 0 Å². The molecule has 1 fully saturated rings. The fourth-order valence-corrected chi connectivity index (χ4v) is 7.77. The van der Waals surface area contributed by atoms with Crippen LogP contribution in [0.5, 0.6) is 0 Å². The third kappa shape index (κ3) is 9.15. The zero-order chi connectivity index (χ0) is 30.7. The van der Waals surface area contributed by atoms with Gasteiger partial charge in [0.15, 0.2) is 0 Å². The van der Waals surface area contributed by atoms with Gasteiger partial charge in [-0.15, -0.1) is 11.8 Å². The Labute approximate surface area is 242 Å². The van der Waals surface area contributed by atoms with E-state index < -0.39 is 54.2 Å². The molecule has 1 aliphatic rings. The molecule has 1 aliphatic heterocycles. The molecule has 2 aromatic carbocycles. The largest absolute Gasteiger partial charge is 0.490 e. The first-order valence-corrected chi connectivity index (χ1v) is 17.4. The molecule has 0 amide bonds. The van der Waals surface area contributed by atoms with E-state index in [0.717, 1.165) is 15.2 Å². The van der Waals surface area contributed by atoms with Gasteiger partial charge in [0.2, 0.25) is 0 Å². The first kappa shape index (κ1) is 32.7. The predicted octanol–water partition coefficient (Wildman–Crippen LogP) is 2.78. The number of anilines is 1. The number of ether oxygens (including phenoxy) is 1. The number of rotatable bonds is 12. The lowest BCUT2D eigenvalue weighted by atomic mass is 10.1. The van der Waals surface area contributed by atoms with Crippen LogP contribution in [0.3, 0.4) is 0 Å². The van der Waals surface area contributed by atoms with Gasteiger partial charge >= 0.3 is 29.2 Å². The summed E-state index contributed by atoms with van der Waals surface area (Å²) in [6.07, 6.45) is -2.54. The van der Waals surface area contributed by atoms with Crippen molar-refractivity contribution >= 4 is 41.0 Å². The van der Waals surface area contributed by atoms with E-state index in [2.05, 4.69) is 18.1 Å². The maximum absolute atomic E-state index is 12.6. The highest BCUT2D eigenvalue weighted by atomic mass is 32.2. The smallest absolute Gasteiger partial charge is 0.390 e. The van der Waals surface area contributed by atoms with Crippen molar-refractivity contribution in [1.29, 1.82) is 0 Å². The highest BCUT2D eigenvalue weighted by Gasteiger charge is 2.43. The summed E-state index contributed by atoms with van der Waals surface area (Å²) < 4.78 is 52.7. The van der Waals surface area contributed by atoms with E-state index in [-0.39, 0.29) is 12.2 Å². The minimum Gasteiger partial charge on any atom is -0.390 e. The molecule has 3 aromatic rings. The van der Waals surface area contributed by atoms with Gasteiger partial charge < -0.3 is 35.2 Å². The second kappa shape index (κ2) is 13.2. The topological polar surface area (TPSA) is 250 Å². The van der Waals surface area contributed by atoms with Crippen LogP contribution in [0.1, 0.15) is 18.2 Å². The first-order valence-electron chi connectivity index (χ1n) is 11.9. The molecule has 2 heterocycles. The van der Waals surface area contributed by atoms with Crippen LogP contribution in [0, 0.1) is 0 Å². The number of aliphatic hydroxyl groups is 1. The Morgan fingerprint density at radius 1 is 1.00 bits per heavy atom. The molecule has 0 aliphatic carbocycles. The molecule has 228 valence electrons. The quantitative estimate of drug-likeness (QED) is 0.120. The Morgan fingerprint density at radius 3 is 2.31 bits per heavy atom. The lowest BCUT2D eigenvalue weighted by molar-refractivity contribution is -0.0449. The number of nitrogens with two attached hydrogens (primary N) is 1. The summed E-state index contributed by atoms with van der Waals surface area (Å²) in [5.41, 5.74) is 7.46. The SMILES string of the molecule is Nc1nc(=O)n([C@H]2C[C@H](O)[C@@H](COP(=O)(O)OP(=O)(O)OP(=O)(O)O)O2)cc1-c1ccc(SCc2ccccc2)cc1. The van der Waals surface area contributed by atoms with Crippen molar-refractivity contribution in [3.63, 3.8) is 0 Å². The molecule has 1 saturated heterocycles. The minimum absolute atomic E-state index is 0.0382. The summed E-state index contributed by atoms with van der Waals surface area (Å²) in [7, 11) is -16.7. The van der Waals surface area contributed by atoms with Crippen LogP contribution in [0.15, 0.2) is 70.5 Å². The summed E-state index contributed by atoms with van der Waals surface area (Å²) >= 11 is 1.64. The van der Waals surface area contributed by atoms with E-state index in [1.54, 1.807) is 11.8 Å². The number of thioether (sulfide) groups is 1. The summed E-state index contributed by atoms with van der Waals surface area (Å²) in [6.45, 7) is -0.881. The number of phosphoric ester groups is 1. The standard InChI is InChI=1S/C22H26N3O13P3S/c23-21-17(15-6-8-16(9-7-15)42-13-14-4-2-1-3-5-14)11-25(22(27)24-21)20-10-18(26)19(36-20)12-35-40(31,32)38-41(33,34)37-39(28,29)30/h1-9,11,18-20,26H,10,12-13H2,(H,31,32)(H,33,34)(H2,23,24,27)(H2,28,29,30)/t18-,19+,20+/m0/s1. The molecule has 0 bridgehead atoms. The number of benzene rings is 2. The third-order valence-electron chi connectivity index (χ3n) is 5.73. The average molecular weight is 665 g/mol. The Kier molecular flexibility index (Phi) is 10.3. The second-order valence-corrected chi connectivity index (χ2v) is 14.3. The summed E-state index contributed by atoms with van der Waals surface area (Å²) in [4.78, 5) is 53.6. The number of hydrogen-bond donors (Lipinski definition) is 6. The van der Waals surface area contributed by atoms with E-state index in [1.807, 2.05) is 54.6 Å². The number of phosphoric acid groups is 3. The van der Waals surface area contributed by atoms with Gasteiger partial charge in [-0.05, 0) is 23.3 Å². The monoisotopic (exact) mass is 665 g/mol. The molecule has 4 rings (SSSR count). The van der Waals surface area contributed by atoms with Crippen molar-refractivity contribution in [3.05, 3.63) is 76.8 Å². The van der Waals surface area contributed by atoms with Gasteiger partial charge in [-0.25, -0.2) is 18.5 Å². The van der Waals surface area contributed by atoms with E-state index >= 15 is 0 Å². The summed E-state index contributed by atoms with van der Waals surface area (Å²) in [6, 6.07) is 17.4. The number of hydrogen-bond acceptors (Lipinski definition) is 12. The third-order valence-corrected chi connectivity index (χ3v) is 10.6. The van der Waals surface area contributed by atoms with E-state index in [0.29, 0.717) is 11.1 Å². The maximum Gasteiger partial charge on any atom is 0.490 e. The number of nitrogen functional groups attached to an aromatic ring is 1. The predicted molar refractivity (Wildman–Crippen MR) is 149 cm³/mol. The zero-order valence-electron chi connectivity index (χ0n) is 21.4. The van der Waals surface area contributed by atoms with Crippen LogP contribution >= 0.6 is 35.2 Å². The van der Waals surface area contributed by atoms with Crippen LogP contribution in [0.4, 0.5) is 5.82 Å². The minimum atomic E-state index is -5.71. The van der Waals surface area contributed by atoms with Crippen LogP contribution in [-0.2, 0) is 37.3 Å². The van der Waals surface area contributed by atoms with Crippen LogP contribution < -0.4 is 11.4 Å². The summed E-state index contributed by atoms with van der Waals surface area (Å²) in [5.74, 6) is 0.739. The molecule has 0 saturated carbocycles. The molecule has 16 nitrogen and oxygen atoms in total. The van der Waals surface area contributed by atoms with Crippen molar-refractivity contribution in [2.45, 2.75) is 35.5 Å². The van der Waals surface area contributed by atoms with Crippen molar-refractivity contribution < 1.29 is 56.3 Å². The second-order valence-electron chi connectivity index (χ2n) is 8.85. The molecule has 0 radical (unpaired) electrons. The molecule has 42 heavy (non-hydrogen) atoms. The maximum atomic E-state index is 12.6. The van der Waals surface area contributed by atoms with E-state index in [4.69, 9.17) is 20.3 Å². The van der Waals surface area contributed by atoms with Gasteiger partial charge in [0.1, 0.15) is 18.1 Å². The molecule has 7 N–H and O–H groups in total. The Hall–Kier alpha value is -2.20. The Balaban J connectivity index is 1.42. The lowest BCUT2D eigenvalue weighted by Crippen LogP contribution is -2.29. The van der Waals surface area contributed by atoms with Crippen LogP contribution in [0.25, 0.3) is 11.1 Å². The number of aliphatic hydroxyl groups excluding tert-OH is 1. The average Bonchev–Trinajstić information content (AvgIpc) is 3.25. The Morgan fingerprint density at radius 2 is 1.67 bits per heavy atom. The number of nitrogens with zero attached hydrogens (tertiary/aromatic N) is 2. The Bertz CT molecular complexity index is 1600. The van der Waals surface area contributed by atoms with Gasteiger partial charge in [-0.2, -0.15) is 13.6 Å². The van der Waals surface area contributed by atoms with Crippen molar-refractivity contribution in [2.24, 2.45) is 0 Å². The number of aromatic nitrogens is 2. The molecule has 0 spiro atoms. The van der Waals surface area contributed by atoms with Crippen molar-refractivity contribution in [1.82, 2.24) is 9.55 Å². The molecule has 5 atom stereocenters. The van der Waals surface area contributed by atoms with Crippen LogP contribution in [-0.4, -0.2) is 53.0 Å². The zero-order valence-corrected chi connectivity index (χ0v) is 24.9. The summed E-state index contributed by atoms with van der Waals surface area (Å²) in [5, 5.41) is 10.4. The fourth-order valence-electron chi connectivity index (χ4n) is 3.89. The highest BCUT2D eigenvalue weighted by molar-refractivity contribution is 7.98. The first-order chi connectivity index (χ1) is 19.6.